The van der Waals surface area contributed by atoms with Crippen molar-refractivity contribution in [2.24, 2.45) is 0 Å². The highest BCUT2D eigenvalue weighted by atomic mass is 35.5. The van der Waals surface area contributed by atoms with Gasteiger partial charge in [0.15, 0.2) is 16.6 Å². The summed E-state index contributed by atoms with van der Waals surface area (Å²) in [6.45, 7) is 1.72. The largest absolute Gasteiger partial charge is 0.506 e. The van der Waals surface area contributed by atoms with Crippen molar-refractivity contribution in [1.82, 2.24) is 10.6 Å². The second kappa shape index (κ2) is 7.15. The highest BCUT2D eigenvalue weighted by molar-refractivity contribution is 7.80. The average Bonchev–Trinajstić information content (AvgIpc) is 2.62. The zero-order valence-electron chi connectivity index (χ0n) is 13.5. The van der Waals surface area contributed by atoms with Crippen LogP contribution in [0.25, 0.3) is 0 Å². The second-order valence-corrected chi connectivity index (χ2v) is 6.92. The number of phenolic OH excluding ortho intramolecular Hbond substituents is 2. The van der Waals surface area contributed by atoms with E-state index in [1.807, 2.05) is 6.07 Å². The molecule has 134 valence electrons. The van der Waals surface area contributed by atoms with Crippen LogP contribution in [0.1, 0.15) is 28.9 Å². The molecule has 8 heteroatoms. The molecule has 5 nitrogen and oxygen atoms in total. The minimum absolute atomic E-state index is 0.0433. The van der Waals surface area contributed by atoms with Gasteiger partial charge >= 0.3 is 0 Å². The summed E-state index contributed by atoms with van der Waals surface area (Å²) < 4.78 is 0. The van der Waals surface area contributed by atoms with Gasteiger partial charge in [0.2, 0.25) is 0 Å². The molecule has 0 saturated heterocycles. The van der Waals surface area contributed by atoms with Crippen LogP contribution in [-0.2, 0) is 0 Å². The van der Waals surface area contributed by atoms with Crippen molar-refractivity contribution in [2.75, 3.05) is 0 Å². The van der Waals surface area contributed by atoms with Crippen LogP contribution in [0.3, 0.4) is 0 Å². The normalized spacial score (nSPS) is 16.9. The van der Waals surface area contributed by atoms with Crippen molar-refractivity contribution < 1.29 is 15.0 Å². The number of carbonyl (C=O) groups is 1. The molecule has 2 aromatic carbocycles. The average molecular weight is 409 g/mol. The zero-order chi connectivity index (χ0) is 19.0. The lowest BCUT2D eigenvalue weighted by Gasteiger charge is -2.31. The van der Waals surface area contributed by atoms with Crippen LogP contribution < -0.4 is 10.6 Å². The maximum atomic E-state index is 13.1. The van der Waals surface area contributed by atoms with Crippen LogP contribution in [0.5, 0.6) is 11.5 Å². The molecule has 1 aliphatic heterocycles. The third kappa shape index (κ3) is 3.23. The summed E-state index contributed by atoms with van der Waals surface area (Å²) >= 11 is 17.2. The predicted octanol–water partition coefficient (Wildman–Crippen LogP) is 4.08. The summed E-state index contributed by atoms with van der Waals surface area (Å²) in [5.74, 6) is -1.04. The molecule has 2 aromatic rings. The Labute approximate surface area is 165 Å². The van der Waals surface area contributed by atoms with Gasteiger partial charge in [-0.3, -0.25) is 4.79 Å². The number of ketones is 1. The van der Waals surface area contributed by atoms with Gasteiger partial charge < -0.3 is 20.8 Å². The number of halogens is 2. The number of phenols is 2. The lowest BCUT2D eigenvalue weighted by Crippen LogP contribution is -2.44. The lowest BCUT2D eigenvalue weighted by atomic mass is 9.89. The maximum Gasteiger partial charge on any atom is 0.193 e. The molecule has 0 radical (unpaired) electrons. The van der Waals surface area contributed by atoms with E-state index < -0.39 is 11.8 Å². The third-order valence-electron chi connectivity index (χ3n) is 4.06. The van der Waals surface area contributed by atoms with Gasteiger partial charge in [-0.1, -0.05) is 53.5 Å². The number of aromatic hydroxyl groups is 2. The molecule has 0 amide bonds. The Kier molecular flexibility index (Phi) is 5.09. The Hall–Kier alpha value is -2.28. The number of rotatable bonds is 3. The van der Waals surface area contributed by atoms with E-state index in [-0.39, 0.29) is 32.3 Å². The summed E-state index contributed by atoms with van der Waals surface area (Å²) in [7, 11) is 0. The third-order valence-corrected chi connectivity index (χ3v) is 4.92. The smallest absolute Gasteiger partial charge is 0.193 e. The van der Waals surface area contributed by atoms with E-state index in [0.29, 0.717) is 16.8 Å². The molecule has 0 saturated carbocycles. The van der Waals surface area contributed by atoms with Gasteiger partial charge in [0, 0.05) is 22.4 Å². The van der Waals surface area contributed by atoms with Gasteiger partial charge in [0.05, 0.1) is 11.1 Å². The number of benzene rings is 2. The molecule has 1 atom stereocenters. The molecule has 0 fully saturated rings. The lowest BCUT2D eigenvalue weighted by molar-refractivity contribution is 0.102. The predicted molar refractivity (Wildman–Crippen MR) is 105 cm³/mol. The Balaban J connectivity index is 2.17. The number of thiocarbonyl (C=S) groups is 1. The Morgan fingerprint density at radius 2 is 1.81 bits per heavy atom. The van der Waals surface area contributed by atoms with E-state index in [0.717, 1.165) is 0 Å². The van der Waals surface area contributed by atoms with Crippen LogP contribution in [0.2, 0.25) is 10.0 Å². The van der Waals surface area contributed by atoms with Gasteiger partial charge in [-0.15, -0.1) is 0 Å². The van der Waals surface area contributed by atoms with Crippen molar-refractivity contribution >= 4 is 46.3 Å². The molecule has 1 unspecified atom stereocenters. The molecular formula is C18H14Cl2N2O3S. The van der Waals surface area contributed by atoms with E-state index in [4.69, 9.17) is 35.4 Å². The first-order chi connectivity index (χ1) is 12.3. The van der Waals surface area contributed by atoms with Gasteiger partial charge in [0.1, 0.15) is 10.8 Å². The molecule has 0 spiro atoms. The SMILES string of the molecule is CC1=C(C(=O)c2ccccc2)C(c2cc(Cl)c(O)c(Cl)c2O)NC(=S)N1. The fraction of sp³-hybridized carbons (Fsp3) is 0.111. The van der Waals surface area contributed by atoms with Gasteiger partial charge in [-0.25, -0.2) is 0 Å². The van der Waals surface area contributed by atoms with Crippen LogP contribution in [0, 0.1) is 0 Å². The minimum atomic E-state index is -0.785. The van der Waals surface area contributed by atoms with Crippen molar-refractivity contribution in [3.05, 3.63) is 68.8 Å². The fourth-order valence-electron chi connectivity index (χ4n) is 2.81. The quantitative estimate of drug-likeness (QED) is 0.452. The maximum absolute atomic E-state index is 13.1. The molecule has 4 N–H and O–H groups in total. The molecule has 3 rings (SSSR count). The first-order valence-electron chi connectivity index (χ1n) is 7.59. The van der Waals surface area contributed by atoms with Crippen molar-refractivity contribution in [3.63, 3.8) is 0 Å². The molecule has 1 aliphatic rings. The monoisotopic (exact) mass is 408 g/mol. The molecule has 0 aliphatic carbocycles. The standard InChI is InChI=1S/C18H14Cl2N2O3S/c1-8-12(15(23)9-5-3-2-4-6-9)14(22-18(26)21-8)10-7-11(19)17(25)13(20)16(10)24/h2-7,14,24-25H,1H3,(H2,21,22,26). The minimum Gasteiger partial charge on any atom is -0.506 e. The summed E-state index contributed by atoms with van der Waals surface area (Å²) in [6, 6.07) is 9.30. The van der Waals surface area contributed by atoms with Crippen LogP contribution >= 0.6 is 35.4 Å². The van der Waals surface area contributed by atoms with E-state index in [1.54, 1.807) is 31.2 Å². The topological polar surface area (TPSA) is 81.6 Å². The van der Waals surface area contributed by atoms with E-state index in [2.05, 4.69) is 10.6 Å². The van der Waals surface area contributed by atoms with Crippen molar-refractivity contribution in [3.8, 4) is 11.5 Å². The molecular weight excluding hydrogens is 395 g/mol. The highest BCUT2D eigenvalue weighted by Gasteiger charge is 2.33. The summed E-state index contributed by atoms with van der Waals surface area (Å²) in [5, 5.41) is 26.1. The summed E-state index contributed by atoms with van der Waals surface area (Å²) in [4.78, 5) is 13.1. The Morgan fingerprint density at radius 1 is 1.15 bits per heavy atom. The molecule has 26 heavy (non-hydrogen) atoms. The Bertz CT molecular complexity index is 945. The number of nitrogens with one attached hydrogen (secondary N) is 2. The van der Waals surface area contributed by atoms with Crippen LogP contribution in [0.4, 0.5) is 0 Å². The number of allylic oxidation sites excluding steroid dienone is 1. The molecule has 0 bridgehead atoms. The van der Waals surface area contributed by atoms with Gasteiger partial charge in [0.25, 0.3) is 0 Å². The molecule has 1 heterocycles. The van der Waals surface area contributed by atoms with E-state index >= 15 is 0 Å². The number of carbonyl (C=O) groups excluding carboxylic acids is 1. The van der Waals surface area contributed by atoms with E-state index in [1.165, 1.54) is 6.07 Å². The summed E-state index contributed by atoms with van der Waals surface area (Å²) in [5.41, 5.74) is 1.63. The zero-order valence-corrected chi connectivity index (χ0v) is 15.8. The van der Waals surface area contributed by atoms with Crippen molar-refractivity contribution in [1.29, 1.82) is 0 Å². The van der Waals surface area contributed by atoms with Crippen molar-refractivity contribution in [2.45, 2.75) is 13.0 Å². The first-order valence-corrected chi connectivity index (χ1v) is 8.75. The van der Waals surface area contributed by atoms with Crippen LogP contribution in [-0.4, -0.2) is 21.1 Å². The van der Waals surface area contributed by atoms with Gasteiger partial charge in [-0.05, 0) is 25.2 Å². The molecule has 0 aromatic heterocycles. The number of hydrogen-bond donors (Lipinski definition) is 4. The van der Waals surface area contributed by atoms with Crippen LogP contribution in [0.15, 0.2) is 47.7 Å². The summed E-state index contributed by atoms with van der Waals surface area (Å²) in [6.07, 6.45) is 0. The highest BCUT2D eigenvalue weighted by Crippen LogP contribution is 2.45. The fourth-order valence-corrected chi connectivity index (χ4v) is 3.55. The Morgan fingerprint density at radius 3 is 2.46 bits per heavy atom. The number of Topliss-reactive ketones (excluding diaryl/α,β-unsaturated/α-hetero) is 1. The number of hydrogen-bond acceptors (Lipinski definition) is 4. The van der Waals surface area contributed by atoms with E-state index in [9.17, 15) is 15.0 Å². The van der Waals surface area contributed by atoms with Gasteiger partial charge in [-0.2, -0.15) is 0 Å². The first kappa shape index (κ1) is 18.5. The second-order valence-electron chi connectivity index (χ2n) is 5.72.